The highest BCUT2D eigenvalue weighted by Crippen LogP contribution is 2.30. The summed E-state index contributed by atoms with van der Waals surface area (Å²) in [6.07, 6.45) is -0.403. The van der Waals surface area contributed by atoms with Gasteiger partial charge in [0.15, 0.2) is 0 Å². The van der Waals surface area contributed by atoms with E-state index in [1.165, 1.54) is 18.2 Å². The molecule has 176 valence electrons. The van der Waals surface area contributed by atoms with E-state index in [1.807, 2.05) is 6.07 Å². The first kappa shape index (κ1) is 22.2. The van der Waals surface area contributed by atoms with Gasteiger partial charge in [0.2, 0.25) is 5.95 Å². The number of halogens is 2. The maximum absolute atomic E-state index is 14.8. The topological polar surface area (TPSA) is 113 Å². The van der Waals surface area contributed by atoms with Crippen molar-refractivity contribution >= 4 is 33.8 Å². The molecule has 0 unspecified atom stereocenters. The predicted molar refractivity (Wildman–Crippen MR) is 127 cm³/mol. The van der Waals surface area contributed by atoms with Gasteiger partial charge in [-0.05, 0) is 48.4 Å². The number of hydrogen-bond acceptors (Lipinski definition) is 5. The van der Waals surface area contributed by atoms with Crippen molar-refractivity contribution in [3.8, 4) is 11.1 Å². The van der Waals surface area contributed by atoms with Crippen LogP contribution in [-0.4, -0.2) is 32.9 Å². The molecule has 5 rings (SSSR count). The van der Waals surface area contributed by atoms with E-state index >= 15 is 0 Å². The first-order chi connectivity index (χ1) is 16.9. The number of aromatic nitrogens is 4. The highest BCUT2D eigenvalue weighted by molar-refractivity contribution is 5.88. The molecule has 0 fully saturated rings. The van der Waals surface area contributed by atoms with Crippen molar-refractivity contribution in [1.29, 1.82) is 0 Å². The quantitative estimate of drug-likeness (QED) is 0.335. The molecule has 1 amide bonds. The molecule has 2 heterocycles. The summed E-state index contributed by atoms with van der Waals surface area (Å²) < 4.78 is 34.4. The number of imidazole rings is 1. The van der Waals surface area contributed by atoms with Gasteiger partial charge >= 0.3 is 6.09 Å². The Morgan fingerprint density at radius 3 is 2.66 bits per heavy atom. The molecule has 0 radical (unpaired) electrons. The fourth-order valence-electron chi connectivity index (χ4n) is 3.95. The minimum atomic E-state index is -0.727. The lowest BCUT2D eigenvalue weighted by molar-refractivity contribution is 0.167. The molecule has 0 atom stereocenters. The Morgan fingerprint density at radius 2 is 1.86 bits per heavy atom. The molecule has 0 spiro atoms. The zero-order valence-corrected chi connectivity index (χ0v) is 18.5. The number of nitrogens with zero attached hydrogens (tertiary/aromatic N) is 2. The van der Waals surface area contributed by atoms with Gasteiger partial charge in [-0.3, -0.25) is 10.1 Å². The summed E-state index contributed by atoms with van der Waals surface area (Å²) in [4.78, 5) is 30.5. The molecule has 0 saturated heterocycles. The van der Waals surface area contributed by atoms with Crippen LogP contribution in [0.2, 0.25) is 0 Å². The van der Waals surface area contributed by atoms with Crippen LogP contribution in [0.4, 0.5) is 19.5 Å². The molecule has 8 nitrogen and oxygen atoms in total. The summed E-state index contributed by atoms with van der Waals surface area (Å²) in [7, 11) is 0. The zero-order valence-electron chi connectivity index (χ0n) is 18.5. The Bertz CT molecular complexity index is 1640. The highest BCUT2D eigenvalue weighted by Gasteiger charge is 2.16. The average molecular weight is 475 g/mol. The number of benzene rings is 3. The summed E-state index contributed by atoms with van der Waals surface area (Å²) >= 11 is 0. The summed E-state index contributed by atoms with van der Waals surface area (Å²) in [5.41, 5.74) is 1.80. The third kappa shape index (κ3) is 4.33. The third-order valence-corrected chi connectivity index (χ3v) is 5.53. The second-order valence-electron chi connectivity index (χ2n) is 7.82. The van der Waals surface area contributed by atoms with Crippen molar-refractivity contribution in [3.05, 3.63) is 87.8 Å². The Hall–Kier alpha value is -4.60. The number of ether oxygens (including phenoxy) is 1. The van der Waals surface area contributed by atoms with Crippen molar-refractivity contribution < 1.29 is 18.3 Å². The molecule has 0 bridgehead atoms. The van der Waals surface area contributed by atoms with Gasteiger partial charge in [-0.1, -0.05) is 24.3 Å². The summed E-state index contributed by atoms with van der Waals surface area (Å²) in [5, 5.41) is 10.3. The molecular weight excluding hydrogens is 456 g/mol. The maximum atomic E-state index is 14.8. The van der Waals surface area contributed by atoms with E-state index in [2.05, 4.69) is 25.5 Å². The van der Waals surface area contributed by atoms with E-state index in [9.17, 15) is 18.4 Å². The van der Waals surface area contributed by atoms with Crippen LogP contribution < -0.4 is 10.9 Å². The Balaban J connectivity index is 1.51. The van der Waals surface area contributed by atoms with E-state index < -0.39 is 17.7 Å². The van der Waals surface area contributed by atoms with Gasteiger partial charge in [0, 0.05) is 17.4 Å². The molecule has 2 aromatic heterocycles. The van der Waals surface area contributed by atoms with Crippen LogP contribution in [0.5, 0.6) is 0 Å². The first-order valence-corrected chi connectivity index (χ1v) is 10.8. The van der Waals surface area contributed by atoms with Gasteiger partial charge in [-0.25, -0.2) is 23.7 Å². The number of H-pyrrole nitrogens is 2. The van der Waals surface area contributed by atoms with Crippen molar-refractivity contribution in [3.63, 3.8) is 0 Å². The minimum absolute atomic E-state index is 0.0137. The molecule has 0 aliphatic rings. The molecule has 3 aromatic carbocycles. The SMILES string of the molecule is CCOC(=O)Nc1nc2cc(-c3cc(Cc4n[nH]c(=O)c5ccccc45)ccc3F)cc(F)c2[nH]1. The Labute approximate surface area is 197 Å². The molecule has 35 heavy (non-hydrogen) atoms. The van der Waals surface area contributed by atoms with E-state index in [-0.39, 0.29) is 40.3 Å². The molecular formula is C25H19F2N5O3. The van der Waals surface area contributed by atoms with Crippen LogP contribution in [0.3, 0.4) is 0 Å². The molecule has 0 aliphatic heterocycles. The minimum Gasteiger partial charge on any atom is -0.450 e. The summed E-state index contributed by atoms with van der Waals surface area (Å²) in [6.45, 7) is 1.83. The van der Waals surface area contributed by atoms with Crippen LogP contribution in [0.15, 0.2) is 59.4 Å². The predicted octanol–water partition coefficient (Wildman–Crippen LogP) is 4.90. The van der Waals surface area contributed by atoms with Crippen LogP contribution in [0.25, 0.3) is 32.9 Å². The second-order valence-corrected chi connectivity index (χ2v) is 7.82. The van der Waals surface area contributed by atoms with Gasteiger partial charge in [0.05, 0.1) is 23.2 Å². The zero-order chi connectivity index (χ0) is 24.5. The monoisotopic (exact) mass is 475 g/mol. The highest BCUT2D eigenvalue weighted by atomic mass is 19.1. The number of aromatic amines is 2. The van der Waals surface area contributed by atoms with Gasteiger partial charge in [-0.2, -0.15) is 5.10 Å². The van der Waals surface area contributed by atoms with Gasteiger partial charge < -0.3 is 9.72 Å². The van der Waals surface area contributed by atoms with Crippen molar-refractivity contribution in [2.45, 2.75) is 13.3 Å². The van der Waals surface area contributed by atoms with Crippen LogP contribution in [-0.2, 0) is 11.2 Å². The largest absolute Gasteiger partial charge is 0.450 e. The lowest BCUT2D eigenvalue weighted by Crippen LogP contribution is -2.14. The molecule has 3 N–H and O–H groups in total. The van der Waals surface area contributed by atoms with Gasteiger partial charge in [0.1, 0.15) is 17.2 Å². The van der Waals surface area contributed by atoms with Crippen LogP contribution >= 0.6 is 0 Å². The van der Waals surface area contributed by atoms with Gasteiger partial charge in [0.25, 0.3) is 5.56 Å². The molecule has 5 aromatic rings. The number of hydrogen-bond donors (Lipinski definition) is 3. The lowest BCUT2D eigenvalue weighted by Gasteiger charge is -2.09. The van der Waals surface area contributed by atoms with Crippen molar-refractivity contribution in [2.75, 3.05) is 11.9 Å². The van der Waals surface area contributed by atoms with Gasteiger partial charge in [-0.15, -0.1) is 0 Å². The maximum Gasteiger partial charge on any atom is 0.413 e. The lowest BCUT2D eigenvalue weighted by atomic mass is 9.98. The Kier molecular flexibility index (Phi) is 5.69. The fourth-order valence-corrected chi connectivity index (χ4v) is 3.95. The Morgan fingerprint density at radius 1 is 1.06 bits per heavy atom. The molecule has 0 saturated carbocycles. The number of nitrogens with one attached hydrogen (secondary N) is 3. The number of carbonyl (C=O) groups excluding carboxylic acids is 1. The smallest absolute Gasteiger partial charge is 0.413 e. The fraction of sp³-hybridized carbons (Fsp3) is 0.120. The number of rotatable bonds is 5. The second kappa shape index (κ2) is 8.98. The van der Waals surface area contributed by atoms with Crippen molar-refractivity contribution in [1.82, 2.24) is 20.2 Å². The number of carbonyl (C=O) groups is 1. The number of fused-ring (bicyclic) bond motifs is 2. The summed E-state index contributed by atoms with van der Waals surface area (Å²) in [5.74, 6) is -1.17. The van der Waals surface area contributed by atoms with E-state index in [1.54, 1.807) is 37.3 Å². The number of anilines is 1. The molecule has 0 aliphatic carbocycles. The van der Waals surface area contributed by atoms with Crippen molar-refractivity contribution in [2.24, 2.45) is 0 Å². The van der Waals surface area contributed by atoms with E-state index in [0.717, 1.165) is 5.56 Å². The first-order valence-electron chi connectivity index (χ1n) is 10.8. The average Bonchev–Trinajstić information content (AvgIpc) is 3.25. The normalized spacial score (nSPS) is 11.2. The van der Waals surface area contributed by atoms with E-state index in [0.29, 0.717) is 22.9 Å². The van der Waals surface area contributed by atoms with E-state index in [4.69, 9.17) is 4.74 Å². The third-order valence-electron chi connectivity index (χ3n) is 5.53. The van der Waals surface area contributed by atoms with Crippen LogP contribution in [0, 0.1) is 11.6 Å². The standard InChI is InChI=1S/C25H19F2N5O3/c1-2-35-25(34)30-24-28-21-12-14(11-19(27)22(21)29-24)17-9-13(7-8-18(17)26)10-20-15-5-3-4-6-16(15)23(33)32-31-20/h3-9,11-12H,2,10H2,1H3,(H,32,33)(H2,28,29,30,34). The van der Waals surface area contributed by atoms with Crippen LogP contribution in [0.1, 0.15) is 18.2 Å². The molecule has 10 heteroatoms. The summed E-state index contributed by atoms with van der Waals surface area (Å²) in [6, 6.07) is 14.4. The number of amides is 1.